The van der Waals surface area contributed by atoms with Gasteiger partial charge in [0.1, 0.15) is 11.2 Å². The Bertz CT molecular complexity index is 752. The Morgan fingerprint density at radius 2 is 2.05 bits per heavy atom. The number of aryl methyl sites for hydroxylation is 2. The maximum atomic E-state index is 9.88. The molecule has 4 nitrogen and oxygen atoms in total. The second kappa shape index (κ2) is 4.51. The topological polar surface area (TPSA) is 55.2 Å². The van der Waals surface area contributed by atoms with Gasteiger partial charge in [-0.1, -0.05) is 6.07 Å². The normalized spacial score (nSPS) is 10.8. The largest absolute Gasteiger partial charge is 0.504 e. The van der Waals surface area contributed by atoms with Crippen molar-refractivity contribution >= 4 is 21.6 Å². The Labute approximate surface area is 114 Å². The first-order valence-corrected chi connectivity index (χ1v) is 6.69. The van der Waals surface area contributed by atoms with E-state index in [1.54, 1.807) is 23.5 Å². The quantitative estimate of drug-likeness (QED) is 0.770. The molecule has 19 heavy (non-hydrogen) atoms. The third-order valence-corrected chi connectivity index (χ3v) is 3.84. The molecule has 0 fully saturated rings. The third kappa shape index (κ3) is 2.13. The molecule has 2 heterocycles. The van der Waals surface area contributed by atoms with E-state index in [1.165, 1.54) is 6.33 Å². The third-order valence-electron chi connectivity index (χ3n) is 2.84. The van der Waals surface area contributed by atoms with Gasteiger partial charge in [0.15, 0.2) is 11.5 Å². The average Bonchev–Trinajstić information content (AvgIpc) is 2.76. The minimum atomic E-state index is 0.111. The second-order valence-electron chi connectivity index (χ2n) is 4.35. The first kappa shape index (κ1) is 11.9. The molecule has 3 aromatic rings. The number of rotatable bonds is 2. The van der Waals surface area contributed by atoms with E-state index in [0.29, 0.717) is 11.6 Å². The number of hydrogen-bond donors (Lipinski definition) is 1. The van der Waals surface area contributed by atoms with Crippen LogP contribution in [0.4, 0.5) is 0 Å². The van der Waals surface area contributed by atoms with E-state index in [4.69, 9.17) is 4.74 Å². The summed E-state index contributed by atoms with van der Waals surface area (Å²) in [5.41, 5.74) is 2.05. The molecule has 0 saturated carbocycles. The smallest absolute Gasteiger partial charge is 0.231 e. The summed E-state index contributed by atoms with van der Waals surface area (Å²) in [6.07, 6.45) is 1.47. The number of fused-ring (bicyclic) bond motifs is 1. The van der Waals surface area contributed by atoms with E-state index >= 15 is 0 Å². The van der Waals surface area contributed by atoms with Gasteiger partial charge in [-0.15, -0.1) is 11.3 Å². The van der Waals surface area contributed by atoms with Gasteiger partial charge in [0.25, 0.3) is 0 Å². The monoisotopic (exact) mass is 272 g/mol. The highest BCUT2D eigenvalue weighted by molar-refractivity contribution is 7.17. The number of aromatic hydroxyl groups is 1. The fraction of sp³-hybridized carbons (Fsp3) is 0.143. The van der Waals surface area contributed by atoms with Gasteiger partial charge in [-0.2, -0.15) is 0 Å². The van der Waals surface area contributed by atoms with Crippen molar-refractivity contribution in [2.45, 2.75) is 13.8 Å². The molecule has 0 bridgehead atoms. The lowest BCUT2D eigenvalue weighted by Crippen LogP contribution is -1.91. The van der Waals surface area contributed by atoms with Gasteiger partial charge >= 0.3 is 0 Å². The first-order valence-electron chi connectivity index (χ1n) is 5.81. The molecule has 0 aliphatic carbocycles. The number of thiophene rings is 1. The van der Waals surface area contributed by atoms with E-state index in [2.05, 4.69) is 9.97 Å². The van der Waals surface area contributed by atoms with Crippen molar-refractivity contribution in [2.24, 2.45) is 0 Å². The van der Waals surface area contributed by atoms with Gasteiger partial charge in [0.05, 0.1) is 5.39 Å². The van der Waals surface area contributed by atoms with Crippen LogP contribution in [0.5, 0.6) is 17.4 Å². The molecule has 0 amide bonds. The van der Waals surface area contributed by atoms with E-state index < -0.39 is 0 Å². The summed E-state index contributed by atoms with van der Waals surface area (Å²) in [5.74, 6) is 0.985. The Kier molecular flexibility index (Phi) is 2.83. The molecule has 3 rings (SSSR count). The van der Waals surface area contributed by atoms with Crippen LogP contribution in [0, 0.1) is 13.8 Å². The Hall–Kier alpha value is -2.14. The van der Waals surface area contributed by atoms with Gasteiger partial charge in [0.2, 0.25) is 5.88 Å². The summed E-state index contributed by atoms with van der Waals surface area (Å²) in [6.45, 7) is 3.90. The van der Waals surface area contributed by atoms with Crippen LogP contribution in [-0.2, 0) is 0 Å². The number of hydrogen-bond acceptors (Lipinski definition) is 5. The molecule has 96 valence electrons. The molecule has 0 atom stereocenters. The number of benzene rings is 1. The highest BCUT2D eigenvalue weighted by Gasteiger charge is 2.12. The second-order valence-corrected chi connectivity index (χ2v) is 5.21. The van der Waals surface area contributed by atoms with Crippen LogP contribution in [0.25, 0.3) is 10.2 Å². The summed E-state index contributed by atoms with van der Waals surface area (Å²) in [7, 11) is 0. The fourth-order valence-corrected chi connectivity index (χ4v) is 2.76. The SMILES string of the molecule is Cc1ccc(Oc2ncnc3scc(C)c23)c(O)c1. The van der Waals surface area contributed by atoms with Crippen molar-refractivity contribution in [1.82, 2.24) is 9.97 Å². The van der Waals surface area contributed by atoms with E-state index in [9.17, 15) is 5.11 Å². The summed E-state index contributed by atoms with van der Waals surface area (Å²) < 4.78 is 5.72. The van der Waals surface area contributed by atoms with E-state index in [0.717, 1.165) is 21.3 Å². The zero-order valence-electron chi connectivity index (χ0n) is 10.5. The molecule has 0 saturated heterocycles. The number of ether oxygens (including phenoxy) is 1. The van der Waals surface area contributed by atoms with Crippen LogP contribution in [0.15, 0.2) is 29.9 Å². The molecular weight excluding hydrogens is 260 g/mol. The molecule has 0 unspecified atom stereocenters. The zero-order valence-corrected chi connectivity index (χ0v) is 11.4. The van der Waals surface area contributed by atoms with Crippen LogP contribution in [0.3, 0.4) is 0 Å². The summed E-state index contributed by atoms with van der Waals surface area (Å²) >= 11 is 1.55. The van der Waals surface area contributed by atoms with Crippen LogP contribution < -0.4 is 4.74 Å². The molecule has 5 heteroatoms. The summed E-state index contributed by atoms with van der Waals surface area (Å²) in [5, 5.41) is 12.8. The Morgan fingerprint density at radius 1 is 1.21 bits per heavy atom. The minimum absolute atomic E-state index is 0.111. The number of phenols is 1. The van der Waals surface area contributed by atoms with E-state index in [1.807, 2.05) is 25.3 Å². The minimum Gasteiger partial charge on any atom is -0.504 e. The molecule has 1 N–H and O–H groups in total. The Morgan fingerprint density at radius 3 is 2.84 bits per heavy atom. The molecule has 0 aliphatic rings. The van der Waals surface area contributed by atoms with Gasteiger partial charge in [-0.25, -0.2) is 9.97 Å². The van der Waals surface area contributed by atoms with Gasteiger partial charge < -0.3 is 9.84 Å². The highest BCUT2D eigenvalue weighted by atomic mass is 32.1. The van der Waals surface area contributed by atoms with Crippen LogP contribution in [-0.4, -0.2) is 15.1 Å². The fourth-order valence-electron chi connectivity index (χ4n) is 1.88. The predicted octanol–water partition coefficient (Wildman–Crippen LogP) is 3.81. The highest BCUT2D eigenvalue weighted by Crippen LogP contribution is 2.36. The number of aromatic nitrogens is 2. The van der Waals surface area contributed by atoms with Crippen LogP contribution in [0.1, 0.15) is 11.1 Å². The number of phenolic OH excluding ortho intramolecular Hbond substituents is 1. The maximum absolute atomic E-state index is 9.88. The van der Waals surface area contributed by atoms with Crippen LogP contribution >= 0.6 is 11.3 Å². The average molecular weight is 272 g/mol. The molecule has 0 spiro atoms. The summed E-state index contributed by atoms with van der Waals surface area (Å²) in [6, 6.07) is 5.28. The first-order chi connectivity index (χ1) is 9.15. The van der Waals surface area contributed by atoms with Gasteiger partial charge in [-0.05, 0) is 42.5 Å². The predicted molar refractivity (Wildman–Crippen MR) is 75.1 cm³/mol. The standard InChI is InChI=1S/C14H12N2O2S/c1-8-3-4-11(10(17)5-8)18-13-12-9(2)6-19-14(12)16-7-15-13/h3-7,17H,1-2H3. The van der Waals surface area contributed by atoms with Gasteiger partial charge in [0, 0.05) is 0 Å². The summed E-state index contributed by atoms with van der Waals surface area (Å²) in [4.78, 5) is 9.25. The van der Waals surface area contributed by atoms with Crippen molar-refractivity contribution in [3.8, 4) is 17.4 Å². The van der Waals surface area contributed by atoms with Gasteiger partial charge in [-0.3, -0.25) is 0 Å². The lowest BCUT2D eigenvalue weighted by molar-refractivity contribution is 0.405. The number of nitrogens with zero attached hydrogens (tertiary/aromatic N) is 2. The van der Waals surface area contributed by atoms with Crippen molar-refractivity contribution in [2.75, 3.05) is 0 Å². The molecule has 0 radical (unpaired) electrons. The Balaban J connectivity index is 2.08. The van der Waals surface area contributed by atoms with Crippen molar-refractivity contribution in [3.05, 3.63) is 41.0 Å². The molecule has 2 aromatic heterocycles. The van der Waals surface area contributed by atoms with Crippen molar-refractivity contribution in [3.63, 3.8) is 0 Å². The maximum Gasteiger partial charge on any atom is 0.231 e. The zero-order chi connectivity index (χ0) is 13.4. The van der Waals surface area contributed by atoms with E-state index in [-0.39, 0.29) is 5.75 Å². The van der Waals surface area contributed by atoms with Crippen molar-refractivity contribution < 1.29 is 9.84 Å². The molecule has 1 aromatic carbocycles. The lowest BCUT2D eigenvalue weighted by atomic mass is 10.2. The van der Waals surface area contributed by atoms with Crippen LogP contribution in [0.2, 0.25) is 0 Å². The molecule has 0 aliphatic heterocycles. The lowest BCUT2D eigenvalue weighted by Gasteiger charge is -2.08. The molecular formula is C14H12N2O2S. The van der Waals surface area contributed by atoms with Crippen molar-refractivity contribution in [1.29, 1.82) is 0 Å².